The molecule has 0 unspecified atom stereocenters. The van der Waals surface area contributed by atoms with Crippen LogP contribution in [0.15, 0.2) is 11.0 Å². The van der Waals surface area contributed by atoms with Crippen molar-refractivity contribution in [1.29, 1.82) is 0 Å². The van der Waals surface area contributed by atoms with Gasteiger partial charge in [0.15, 0.2) is 0 Å². The third kappa shape index (κ3) is 4.04. The Morgan fingerprint density at radius 3 is 1.86 bits per heavy atom. The average molecular weight is 326 g/mol. The zero-order valence-corrected chi connectivity index (χ0v) is 14.7. The van der Waals surface area contributed by atoms with Gasteiger partial charge in [-0.3, -0.25) is 4.55 Å². The maximum absolute atomic E-state index is 11.3. The van der Waals surface area contributed by atoms with Gasteiger partial charge in [-0.2, -0.15) is 8.42 Å². The Balaban J connectivity index is 0. The molecule has 0 aliphatic rings. The summed E-state index contributed by atoms with van der Waals surface area (Å²) >= 11 is 0. The number of hydrogen-bond acceptors (Lipinski definition) is 4. The molecule has 0 saturated heterocycles. The second-order valence-corrected chi connectivity index (χ2v) is 5.44. The first kappa shape index (κ1) is 20.1. The van der Waals surface area contributed by atoms with Crippen molar-refractivity contribution in [2.24, 2.45) is 0 Å². The molecule has 0 radical (unpaired) electrons. The summed E-state index contributed by atoms with van der Waals surface area (Å²) in [7, 11) is -4.71. The van der Waals surface area contributed by atoms with Crippen LogP contribution >= 0.6 is 0 Å². The van der Waals surface area contributed by atoms with E-state index >= 15 is 0 Å². The summed E-state index contributed by atoms with van der Waals surface area (Å²) in [6.45, 7) is 3.09. The first-order chi connectivity index (χ1) is 9.15. The largest absolute Gasteiger partial charge is 1.00 e. The fourth-order valence-corrected chi connectivity index (χ4v) is 2.97. The summed E-state index contributed by atoms with van der Waals surface area (Å²) in [5.74, 6) is -2.87. The molecule has 3 N–H and O–H groups in total. The van der Waals surface area contributed by atoms with E-state index in [1.807, 2.05) is 0 Å². The number of benzene rings is 1. The van der Waals surface area contributed by atoms with Crippen molar-refractivity contribution in [3.05, 3.63) is 28.3 Å². The van der Waals surface area contributed by atoms with Crippen LogP contribution in [0.1, 0.15) is 47.1 Å². The molecule has 0 aliphatic carbocycles. The van der Waals surface area contributed by atoms with Gasteiger partial charge in [0.05, 0.1) is 16.0 Å². The van der Waals surface area contributed by atoms with Gasteiger partial charge >= 0.3 is 41.5 Å². The number of carboxylic acid groups (broad SMARTS) is 2. The van der Waals surface area contributed by atoms with Crippen molar-refractivity contribution in [3.63, 3.8) is 0 Å². The first-order valence-electron chi connectivity index (χ1n) is 5.77. The Morgan fingerprint density at radius 1 is 1.10 bits per heavy atom. The van der Waals surface area contributed by atoms with Crippen LogP contribution in [0.4, 0.5) is 0 Å². The van der Waals surface area contributed by atoms with Crippen LogP contribution in [-0.2, 0) is 23.0 Å². The summed E-state index contributed by atoms with van der Waals surface area (Å²) in [4.78, 5) is 21.8. The Kier molecular flexibility index (Phi) is 7.04. The average Bonchev–Trinajstić information content (AvgIpc) is 2.34. The predicted molar refractivity (Wildman–Crippen MR) is 70.0 cm³/mol. The molecule has 0 atom stereocenters. The van der Waals surface area contributed by atoms with E-state index in [0.717, 1.165) is 6.07 Å². The third-order valence-corrected chi connectivity index (χ3v) is 3.85. The van der Waals surface area contributed by atoms with Gasteiger partial charge in [-0.15, -0.1) is 0 Å². The maximum atomic E-state index is 11.3. The molecule has 1 rings (SSSR count). The monoisotopic (exact) mass is 326 g/mol. The van der Waals surface area contributed by atoms with Gasteiger partial charge in [-0.05, 0) is 30.0 Å². The van der Waals surface area contributed by atoms with E-state index in [2.05, 4.69) is 0 Å². The molecule has 0 bridgehead atoms. The van der Waals surface area contributed by atoms with E-state index in [4.69, 9.17) is 9.66 Å². The number of aromatic carboxylic acids is 2. The van der Waals surface area contributed by atoms with Crippen LogP contribution in [0.3, 0.4) is 0 Å². The van der Waals surface area contributed by atoms with Gasteiger partial charge in [0.1, 0.15) is 0 Å². The van der Waals surface area contributed by atoms with Gasteiger partial charge < -0.3 is 11.6 Å². The second kappa shape index (κ2) is 7.37. The molecule has 0 amide bonds. The Labute approximate surface area is 145 Å². The minimum absolute atomic E-state index is 0. The van der Waals surface area contributed by atoms with Crippen molar-refractivity contribution in [1.82, 2.24) is 0 Å². The van der Waals surface area contributed by atoms with E-state index in [-0.39, 0.29) is 60.5 Å². The molecule has 0 fully saturated rings. The normalized spacial score (nSPS) is 10.8. The van der Waals surface area contributed by atoms with Gasteiger partial charge in [0.25, 0.3) is 10.1 Å². The number of carbonyl (C=O) groups is 2. The fraction of sp³-hybridized carbons (Fsp3) is 0.333. The quantitative estimate of drug-likeness (QED) is 0.447. The van der Waals surface area contributed by atoms with Crippen LogP contribution in [-0.4, -0.2) is 35.1 Å². The number of rotatable bonds is 5. The minimum atomic E-state index is -4.71. The zero-order chi connectivity index (χ0) is 15.7. The van der Waals surface area contributed by atoms with E-state index in [9.17, 15) is 23.1 Å². The molecule has 0 heterocycles. The molecular weight excluding hydrogens is 311 g/mol. The van der Waals surface area contributed by atoms with Crippen molar-refractivity contribution in [2.75, 3.05) is 0 Å². The van der Waals surface area contributed by atoms with E-state index < -0.39 is 32.5 Å². The van der Waals surface area contributed by atoms with Crippen molar-refractivity contribution in [2.45, 2.75) is 31.6 Å². The Morgan fingerprint density at radius 2 is 1.57 bits per heavy atom. The molecule has 0 spiro atoms. The molecule has 7 nitrogen and oxygen atoms in total. The topological polar surface area (TPSA) is 129 Å². The van der Waals surface area contributed by atoms with Crippen molar-refractivity contribution in [3.8, 4) is 0 Å². The molecular formula is C12H15NaO7S. The molecule has 9 heteroatoms. The molecule has 21 heavy (non-hydrogen) atoms. The van der Waals surface area contributed by atoms with Gasteiger partial charge in [0.2, 0.25) is 0 Å². The second-order valence-electron chi connectivity index (χ2n) is 4.05. The fourth-order valence-electron chi connectivity index (χ4n) is 2.14. The van der Waals surface area contributed by atoms with Gasteiger partial charge in [0, 0.05) is 0 Å². The smallest absolute Gasteiger partial charge is 1.00 e. The maximum Gasteiger partial charge on any atom is 1.00 e. The number of carboxylic acids is 2. The minimum Gasteiger partial charge on any atom is -1.00 e. The molecule has 0 saturated carbocycles. The van der Waals surface area contributed by atoms with Crippen LogP contribution in [0.2, 0.25) is 0 Å². The van der Waals surface area contributed by atoms with E-state index in [1.54, 1.807) is 6.92 Å². The molecule has 1 aromatic carbocycles. The summed E-state index contributed by atoms with van der Waals surface area (Å²) in [6.07, 6.45) is 0.145. The molecule has 112 valence electrons. The predicted octanol–water partition coefficient (Wildman–Crippen LogP) is -1.43. The van der Waals surface area contributed by atoms with Crippen LogP contribution in [0.25, 0.3) is 0 Å². The standard InChI is InChI=1S/C12H14O7S.Na.H/c1-3-6-8(11(13)14)5-9(20(17,18)19)7(4-2)10(6)12(15)16;;/h5H,3-4H2,1-2H3,(H,13,14)(H,15,16)(H,17,18,19);;/q;+1;-1. The third-order valence-electron chi connectivity index (χ3n) is 2.93. The first-order valence-corrected chi connectivity index (χ1v) is 7.21. The van der Waals surface area contributed by atoms with E-state index in [0.29, 0.717) is 0 Å². The molecule has 1 aromatic rings. The zero-order valence-electron chi connectivity index (χ0n) is 12.9. The summed E-state index contributed by atoms with van der Waals surface area (Å²) in [5.41, 5.74) is -0.867. The van der Waals surface area contributed by atoms with Crippen molar-refractivity contribution >= 4 is 22.1 Å². The summed E-state index contributed by atoms with van der Waals surface area (Å²) < 4.78 is 31.8. The van der Waals surface area contributed by atoms with Gasteiger partial charge in [-0.25, -0.2) is 9.59 Å². The Bertz CT molecular complexity index is 685. The van der Waals surface area contributed by atoms with Crippen LogP contribution in [0.5, 0.6) is 0 Å². The van der Waals surface area contributed by atoms with Gasteiger partial charge in [-0.1, -0.05) is 13.8 Å². The number of hydrogen-bond donors (Lipinski definition) is 3. The summed E-state index contributed by atoms with van der Waals surface area (Å²) in [6, 6.07) is 0.807. The molecule has 0 aliphatic heterocycles. The SMILES string of the molecule is CCc1c(C(=O)O)cc(S(=O)(=O)O)c(CC)c1C(=O)O.[H-].[Na+]. The van der Waals surface area contributed by atoms with Crippen molar-refractivity contribution < 1.29 is 63.8 Å². The Hall–Kier alpha value is -0.930. The summed E-state index contributed by atoms with van der Waals surface area (Å²) in [5, 5.41) is 18.3. The van der Waals surface area contributed by atoms with Crippen LogP contribution < -0.4 is 29.6 Å². The van der Waals surface area contributed by atoms with E-state index in [1.165, 1.54) is 6.92 Å². The molecule has 0 aromatic heterocycles. The van der Waals surface area contributed by atoms with Crippen LogP contribution in [0, 0.1) is 0 Å².